The fraction of sp³-hybridized carbons (Fsp3) is 0.550. The van der Waals surface area contributed by atoms with Crippen LogP contribution < -0.4 is 4.74 Å². The number of carbonyl (C=O) groups excluding carboxylic acids is 2. The predicted octanol–water partition coefficient (Wildman–Crippen LogP) is 2.82. The van der Waals surface area contributed by atoms with E-state index in [1.807, 2.05) is 0 Å². The molecule has 1 saturated carbocycles. The summed E-state index contributed by atoms with van der Waals surface area (Å²) in [5.74, 6) is -1.04. The van der Waals surface area contributed by atoms with Gasteiger partial charge in [0.25, 0.3) is 5.91 Å². The van der Waals surface area contributed by atoms with E-state index in [2.05, 4.69) is 25.7 Å². The van der Waals surface area contributed by atoms with Crippen LogP contribution in [0.1, 0.15) is 36.3 Å². The quantitative estimate of drug-likeness (QED) is 0.674. The van der Waals surface area contributed by atoms with Gasteiger partial charge in [0.2, 0.25) is 5.91 Å². The average molecular weight is 519 g/mol. The lowest BCUT2D eigenvalue weighted by molar-refractivity contribution is -0.274. The van der Waals surface area contributed by atoms with Crippen molar-refractivity contribution in [2.45, 2.75) is 44.2 Å². The number of benzene rings is 1. The van der Waals surface area contributed by atoms with Gasteiger partial charge >= 0.3 is 6.36 Å². The zero-order chi connectivity index (χ0) is 23.2. The Morgan fingerprint density at radius 3 is 2.53 bits per heavy atom. The van der Waals surface area contributed by atoms with Gasteiger partial charge in [0.05, 0.1) is 11.6 Å². The van der Waals surface area contributed by atoms with Crippen LogP contribution in [0.15, 0.2) is 16.6 Å². The Balaban J connectivity index is 1.52. The zero-order valence-corrected chi connectivity index (χ0v) is 18.8. The molecule has 2 aliphatic rings. The van der Waals surface area contributed by atoms with Gasteiger partial charge in [0.1, 0.15) is 17.8 Å². The van der Waals surface area contributed by atoms with Crippen LogP contribution in [0.4, 0.5) is 13.2 Å². The Labute approximate surface area is 190 Å². The minimum absolute atomic E-state index is 0.0203. The molecule has 1 aliphatic carbocycles. The van der Waals surface area contributed by atoms with Gasteiger partial charge in [-0.25, -0.2) is 4.98 Å². The second-order valence-electron chi connectivity index (χ2n) is 8.09. The van der Waals surface area contributed by atoms with Crippen LogP contribution in [0.2, 0.25) is 0 Å². The first-order valence-corrected chi connectivity index (χ1v) is 11.0. The standard InChI is InChI=1S/C20H22BrF3N4O4/c1-26-15-9-13(32-20(22,23)24)8-14(21)17(15)25-18(26)19(31)27-6-7-28(16(30)10-27)11-2-4-12(29)5-3-11/h8-9,11-12,29H,2-7,10H2,1H3/t11-,12-. The average Bonchev–Trinajstić information content (AvgIpc) is 3.04. The van der Waals surface area contributed by atoms with Crippen LogP contribution in [-0.2, 0) is 11.8 Å². The van der Waals surface area contributed by atoms with Gasteiger partial charge in [0.15, 0.2) is 5.82 Å². The van der Waals surface area contributed by atoms with Crippen molar-refractivity contribution in [3.8, 4) is 5.75 Å². The Hall–Kier alpha value is -2.34. The molecule has 12 heteroatoms. The molecule has 2 amide bonds. The fourth-order valence-electron chi connectivity index (χ4n) is 4.36. The summed E-state index contributed by atoms with van der Waals surface area (Å²) < 4.78 is 43.4. The molecule has 2 fully saturated rings. The fourth-order valence-corrected chi connectivity index (χ4v) is 4.88. The number of nitrogens with zero attached hydrogens (tertiary/aromatic N) is 4. The number of imidazole rings is 1. The topological polar surface area (TPSA) is 87.9 Å². The Bertz CT molecular complexity index is 1050. The highest BCUT2D eigenvalue weighted by atomic mass is 79.9. The number of amides is 2. The summed E-state index contributed by atoms with van der Waals surface area (Å²) in [6.07, 6.45) is -2.37. The number of fused-ring (bicyclic) bond motifs is 1. The number of carbonyl (C=O) groups is 2. The number of aryl methyl sites for hydroxylation is 1. The van der Waals surface area contributed by atoms with Gasteiger partial charge in [-0.2, -0.15) is 0 Å². The third-order valence-corrected chi connectivity index (χ3v) is 6.59. The summed E-state index contributed by atoms with van der Waals surface area (Å²) in [6, 6.07) is 2.38. The number of hydrogen-bond donors (Lipinski definition) is 1. The van der Waals surface area contributed by atoms with E-state index < -0.39 is 18.0 Å². The van der Waals surface area contributed by atoms with Gasteiger partial charge in [-0.3, -0.25) is 9.59 Å². The molecule has 1 N–H and O–H groups in total. The molecule has 1 aliphatic heterocycles. The highest BCUT2D eigenvalue weighted by Gasteiger charge is 2.35. The molecule has 0 spiro atoms. The highest BCUT2D eigenvalue weighted by Crippen LogP contribution is 2.33. The molecule has 8 nitrogen and oxygen atoms in total. The maximum Gasteiger partial charge on any atom is 0.573 e. The first-order valence-electron chi connectivity index (χ1n) is 10.2. The summed E-state index contributed by atoms with van der Waals surface area (Å²) in [4.78, 5) is 33.3. The van der Waals surface area contributed by atoms with Gasteiger partial charge in [-0.05, 0) is 47.7 Å². The predicted molar refractivity (Wildman–Crippen MR) is 111 cm³/mol. The van der Waals surface area contributed by atoms with Crippen molar-refractivity contribution in [3.63, 3.8) is 0 Å². The van der Waals surface area contributed by atoms with E-state index in [9.17, 15) is 27.9 Å². The van der Waals surface area contributed by atoms with Crippen LogP contribution in [0, 0.1) is 0 Å². The SMILES string of the molecule is Cn1c(C(=O)N2CCN([C@H]3CC[C@H](O)CC3)C(=O)C2)nc2c(Br)cc(OC(F)(F)F)cc21. The van der Waals surface area contributed by atoms with Crippen LogP contribution >= 0.6 is 15.9 Å². The number of aliphatic hydroxyl groups excluding tert-OH is 1. The van der Waals surface area contributed by atoms with Crippen LogP contribution in [0.3, 0.4) is 0 Å². The lowest BCUT2D eigenvalue weighted by atomic mass is 9.91. The van der Waals surface area contributed by atoms with Gasteiger partial charge < -0.3 is 24.2 Å². The Morgan fingerprint density at radius 1 is 1.22 bits per heavy atom. The number of aliphatic hydroxyl groups is 1. The maximum atomic E-state index is 13.1. The molecule has 0 atom stereocenters. The first kappa shape index (κ1) is 22.8. The van der Waals surface area contributed by atoms with Crippen LogP contribution in [0.5, 0.6) is 5.75 Å². The van der Waals surface area contributed by atoms with Crippen molar-refractivity contribution in [2.75, 3.05) is 19.6 Å². The zero-order valence-electron chi connectivity index (χ0n) is 17.2. The number of ether oxygens (including phenoxy) is 1. The summed E-state index contributed by atoms with van der Waals surface area (Å²) in [5.41, 5.74) is 0.601. The van der Waals surface area contributed by atoms with Crippen molar-refractivity contribution in [3.05, 3.63) is 22.4 Å². The van der Waals surface area contributed by atoms with Crippen LogP contribution in [0.25, 0.3) is 11.0 Å². The van der Waals surface area contributed by atoms with E-state index in [0.717, 1.165) is 25.0 Å². The summed E-state index contributed by atoms with van der Waals surface area (Å²) in [6.45, 7) is 0.629. The minimum atomic E-state index is -4.85. The Morgan fingerprint density at radius 2 is 1.91 bits per heavy atom. The van der Waals surface area contributed by atoms with Crippen molar-refractivity contribution in [1.82, 2.24) is 19.4 Å². The molecule has 1 aromatic carbocycles. The molecular formula is C20H22BrF3N4O4. The number of piperazine rings is 1. The molecule has 174 valence electrons. The van der Waals surface area contributed by atoms with Crippen molar-refractivity contribution >= 4 is 38.8 Å². The summed E-state index contributed by atoms with van der Waals surface area (Å²) >= 11 is 3.19. The molecule has 0 unspecified atom stereocenters. The summed E-state index contributed by atoms with van der Waals surface area (Å²) in [5, 5.41) is 9.68. The van der Waals surface area contributed by atoms with Gasteiger partial charge in [0, 0.05) is 36.7 Å². The van der Waals surface area contributed by atoms with Crippen LogP contribution in [-0.4, -0.2) is 74.4 Å². The second kappa shape index (κ2) is 8.54. The van der Waals surface area contributed by atoms with E-state index in [-0.39, 0.29) is 40.4 Å². The van der Waals surface area contributed by atoms with E-state index in [4.69, 9.17) is 0 Å². The number of aromatic nitrogens is 2. The lowest BCUT2D eigenvalue weighted by Crippen LogP contribution is -2.56. The van der Waals surface area contributed by atoms with Crippen molar-refractivity contribution in [1.29, 1.82) is 0 Å². The van der Waals surface area contributed by atoms with Crippen molar-refractivity contribution < 1.29 is 32.6 Å². The number of halogens is 4. The molecule has 0 radical (unpaired) electrons. The van der Waals surface area contributed by atoms with Crippen molar-refractivity contribution in [2.24, 2.45) is 7.05 Å². The molecule has 4 rings (SSSR count). The number of hydrogen-bond acceptors (Lipinski definition) is 5. The summed E-state index contributed by atoms with van der Waals surface area (Å²) in [7, 11) is 1.53. The molecule has 1 aromatic heterocycles. The molecule has 32 heavy (non-hydrogen) atoms. The number of alkyl halides is 3. The molecule has 0 bridgehead atoms. The minimum Gasteiger partial charge on any atom is -0.406 e. The lowest BCUT2D eigenvalue weighted by Gasteiger charge is -2.41. The normalized spacial score (nSPS) is 22.5. The molecule has 2 aromatic rings. The smallest absolute Gasteiger partial charge is 0.406 e. The molecular weight excluding hydrogens is 497 g/mol. The maximum absolute atomic E-state index is 13.1. The Kier molecular flexibility index (Phi) is 6.10. The highest BCUT2D eigenvalue weighted by molar-refractivity contribution is 9.10. The molecule has 2 heterocycles. The monoisotopic (exact) mass is 518 g/mol. The van der Waals surface area contributed by atoms with E-state index in [1.165, 1.54) is 16.5 Å². The third kappa shape index (κ3) is 4.56. The van der Waals surface area contributed by atoms with Gasteiger partial charge in [-0.1, -0.05) is 0 Å². The van der Waals surface area contributed by atoms with E-state index in [1.54, 1.807) is 4.90 Å². The first-order chi connectivity index (χ1) is 15.0. The van der Waals surface area contributed by atoms with E-state index >= 15 is 0 Å². The van der Waals surface area contributed by atoms with E-state index in [0.29, 0.717) is 31.4 Å². The second-order valence-corrected chi connectivity index (χ2v) is 8.95. The molecule has 1 saturated heterocycles. The van der Waals surface area contributed by atoms with Gasteiger partial charge in [-0.15, -0.1) is 13.2 Å². The third-order valence-electron chi connectivity index (χ3n) is 5.99. The largest absolute Gasteiger partial charge is 0.573 e. The number of rotatable bonds is 3.